The summed E-state index contributed by atoms with van der Waals surface area (Å²) in [5, 5.41) is 1.99. The first kappa shape index (κ1) is 30.0. The molecule has 1 fully saturated rings. The van der Waals surface area contributed by atoms with Crippen molar-refractivity contribution >= 4 is 52.7 Å². The van der Waals surface area contributed by atoms with Crippen LogP contribution >= 0.6 is 23.2 Å². The van der Waals surface area contributed by atoms with Crippen LogP contribution in [0.5, 0.6) is 11.5 Å². The Morgan fingerprint density at radius 3 is 2.26 bits per heavy atom. The molecule has 3 aromatic rings. The van der Waals surface area contributed by atoms with Crippen molar-refractivity contribution in [3.8, 4) is 11.5 Å². The SMILES string of the molecule is COc1cccc(C(=O)Oc2ccc(C(=O)CN(C(=O)c3ccc(Cl)c(Cl)c3)N3C(=O)[C@@H]4CC=C(C)C[C@H]4C3=O)cc2)c1. The van der Waals surface area contributed by atoms with E-state index in [-0.39, 0.29) is 32.5 Å². The third-order valence-electron chi connectivity index (χ3n) is 7.43. The molecular weight excluding hydrogens is 595 g/mol. The predicted molar refractivity (Wildman–Crippen MR) is 158 cm³/mol. The molecule has 0 spiro atoms. The summed E-state index contributed by atoms with van der Waals surface area (Å²) in [5.74, 6) is -3.56. The number of imide groups is 1. The number of rotatable bonds is 8. The zero-order chi connectivity index (χ0) is 30.8. The Kier molecular flexibility index (Phi) is 8.66. The molecule has 0 radical (unpaired) electrons. The maximum Gasteiger partial charge on any atom is 0.343 e. The Hall–Kier alpha value is -4.47. The van der Waals surface area contributed by atoms with Crippen LogP contribution in [0.25, 0.3) is 0 Å². The van der Waals surface area contributed by atoms with E-state index in [0.29, 0.717) is 18.6 Å². The molecule has 1 saturated heterocycles. The van der Waals surface area contributed by atoms with Gasteiger partial charge in [0.2, 0.25) is 0 Å². The van der Waals surface area contributed by atoms with Crippen LogP contribution in [0.3, 0.4) is 0 Å². The lowest BCUT2D eigenvalue weighted by Crippen LogP contribution is -2.52. The number of carbonyl (C=O) groups excluding carboxylic acids is 5. The van der Waals surface area contributed by atoms with Crippen LogP contribution in [0.1, 0.15) is 50.8 Å². The first-order valence-corrected chi connectivity index (χ1v) is 14.1. The second kappa shape index (κ2) is 12.4. The fourth-order valence-electron chi connectivity index (χ4n) is 5.12. The Morgan fingerprint density at radius 1 is 0.860 bits per heavy atom. The molecule has 220 valence electrons. The van der Waals surface area contributed by atoms with Crippen molar-refractivity contribution in [2.24, 2.45) is 11.8 Å². The maximum absolute atomic E-state index is 13.7. The molecule has 9 nitrogen and oxygen atoms in total. The number of halogens is 2. The van der Waals surface area contributed by atoms with Gasteiger partial charge in [-0.1, -0.05) is 40.9 Å². The number of hydrogen-bond acceptors (Lipinski definition) is 7. The fourth-order valence-corrected chi connectivity index (χ4v) is 5.42. The number of hydrazine groups is 1. The molecule has 1 aliphatic heterocycles. The van der Waals surface area contributed by atoms with Gasteiger partial charge in [0.1, 0.15) is 18.0 Å². The van der Waals surface area contributed by atoms with E-state index in [1.165, 1.54) is 55.6 Å². The molecule has 0 N–H and O–H groups in total. The van der Waals surface area contributed by atoms with Crippen molar-refractivity contribution in [3.05, 3.63) is 105 Å². The van der Waals surface area contributed by atoms with E-state index in [4.69, 9.17) is 32.7 Å². The van der Waals surface area contributed by atoms with E-state index in [9.17, 15) is 24.0 Å². The Labute approximate surface area is 257 Å². The molecule has 1 aliphatic carbocycles. The molecule has 5 rings (SSSR count). The summed E-state index contributed by atoms with van der Waals surface area (Å²) in [4.78, 5) is 66.7. The van der Waals surface area contributed by atoms with Gasteiger partial charge in [-0.3, -0.25) is 19.2 Å². The van der Waals surface area contributed by atoms with Crippen LogP contribution in [0, 0.1) is 11.8 Å². The molecule has 2 aliphatic rings. The van der Waals surface area contributed by atoms with Gasteiger partial charge in [0.05, 0.1) is 34.6 Å². The number of ketones is 1. The van der Waals surface area contributed by atoms with E-state index in [0.717, 1.165) is 15.6 Å². The minimum Gasteiger partial charge on any atom is -0.497 e. The third kappa shape index (κ3) is 6.18. The van der Waals surface area contributed by atoms with E-state index in [1.807, 2.05) is 13.0 Å². The highest BCUT2D eigenvalue weighted by Crippen LogP contribution is 2.39. The third-order valence-corrected chi connectivity index (χ3v) is 8.17. The summed E-state index contributed by atoms with van der Waals surface area (Å²) in [6, 6.07) is 16.3. The first-order valence-electron chi connectivity index (χ1n) is 13.4. The number of esters is 1. The fraction of sp³-hybridized carbons (Fsp3) is 0.219. The monoisotopic (exact) mass is 620 g/mol. The van der Waals surface area contributed by atoms with Gasteiger partial charge in [-0.2, -0.15) is 5.01 Å². The molecule has 0 saturated carbocycles. The van der Waals surface area contributed by atoms with Gasteiger partial charge >= 0.3 is 5.97 Å². The summed E-state index contributed by atoms with van der Waals surface area (Å²) in [5.41, 5.74) is 1.48. The smallest absolute Gasteiger partial charge is 0.343 e. The minimum atomic E-state index is -0.763. The molecule has 0 unspecified atom stereocenters. The lowest BCUT2D eigenvalue weighted by Gasteiger charge is -2.30. The van der Waals surface area contributed by atoms with Gasteiger partial charge in [0, 0.05) is 11.1 Å². The van der Waals surface area contributed by atoms with Crippen molar-refractivity contribution in [2.45, 2.75) is 19.8 Å². The zero-order valence-electron chi connectivity index (χ0n) is 23.2. The van der Waals surface area contributed by atoms with Crippen LogP contribution in [0.15, 0.2) is 78.4 Å². The number of allylic oxidation sites excluding steroid dienone is 2. The molecule has 11 heteroatoms. The highest BCUT2D eigenvalue weighted by atomic mass is 35.5. The van der Waals surface area contributed by atoms with Crippen LogP contribution in [-0.4, -0.2) is 53.1 Å². The lowest BCUT2D eigenvalue weighted by atomic mass is 9.82. The zero-order valence-corrected chi connectivity index (χ0v) is 24.7. The van der Waals surface area contributed by atoms with E-state index in [1.54, 1.807) is 18.2 Å². The standard InChI is InChI=1S/C32H26Cl2N2O7/c1-18-6-12-24-25(14-18)31(40)36(30(24)39)35(29(38)20-9-13-26(33)27(34)16-20)17-28(37)19-7-10-22(11-8-19)43-32(41)21-4-3-5-23(15-21)42-2/h3-11,13,15-16,24-25H,12,14,17H2,1-2H3/t24-,25-/m1/s1. The number of hydrogen-bond donors (Lipinski definition) is 0. The van der Waals surface area contributed by atoms with Crippen LogP contribution < -0.4 is 9.47 Å². The number of benzene rings is 3. The van der Waals surface area contributed by atoms with Gasteiger partial charge in [0.15, 0.2) is 5.78 Å². The van der Waals surface area contributed by atoms with Crippen molar-refractivity contribution in [1.29, 1.82) is 0 Å². The molecule has 3 aromatic carbocycles. The molecule has 43 heavy (non-hydrogen) atoms. The highest BCUT2D eigenvalue weighted by molar-refractivity contribution is 6.42. The summed E-state index contributed by atoms with van der Waals surface area (Å²) >= 11 is 12.2. The van der Waals surface area contributed by atoms with Crippen LogP contribution in [-0.2, 0) is 9.59 Å². The number of methoxy groups -OCH3 is 1. The van der Waals surface area contributed by atoms with Crippen LogP contribution in [0.4, 0.5) is 0 Å². The Bertz CT molecular complexity index is 1670. The first-order chi connectivity index (χ1) is 20.6. The van der Waals surface area contributed by atoms with Gasteiger partial charge < -0.3 is 9.47 Å². The molecule has 1 heterocycles. The number of nitrogens with zero attached hydrogens (tertiary/aromatic N) is 2. The van der Waals surface area contributed by atoms with Gasteiger partial charge in [0.25, 0.3) is 17.7 Å². The van der Waals surface area contributed by atoms with Crippen molar-refractivity contribution in [1.82, 2.24) is 10.0 Å². The van der Waals surface area contributed by atoms with E-state index in [2.05, 4.69) is 0 Å². The summed E-state index contributed by atoms with van der Waals surface area (Å²) in [7, 11) is 1.49. The minimum absolute atomic E-state index is 0.0479. The Balaban J connectivity index is 1.38. The van der Waals surface area contributed by atoms with E-state index >= 15 is 0 Å². The largest absolute Gasteiger partial charge is 0.497 e. The topological polar surface area (TPSA) is 110 Å². The lowest BCUT2D eigenvalue weighted by molar-refractivity contribution is -0.154. The second-order valence-electron chi connectivity index (χ2n) is 10.3. The average Bonchev–Trinajstić information content (AvgIpc) is 3.25. The van der Waals surface area contributed by atoms with Crippen molar-refractivity contribution < 1.29 is 33.4 Å². The highest BCUT2D eigenvalue weighted by Gasteiger charge is 2.51. The van der Waals surface area contributed by atoms with Crippen molar-refractivity contribution in [3.63, 3.8) is 0 Å². The number of amides is 3. The molecular formula is C32H26Cl2N2O7. The van der Waals surface area contributed by atoms with Gasteiger partial charge in [-0.15, -0.1) is 0 Å². The maximum atomic E-state index is 13.7. The second-order valence-corrected chi connectivity index (χ2v) is 11.1. The predicted octanol–water partition coefficient (Wildman–Crippen LogP) is 5.80. The number of Topliss-reactive ketones (excluding diaryl/α,β-unsaturated/α-hetero) is 1. The molecule has 3 amide bonds. The number of carbonyl (C=O) groups is 5. The summed E-state index contributed by atoms with van der Waals surface area (Å²) in [6.07, 6.45) is 2.68. The van der Waals surface area contributed by atoms with E-state index < -0.39 is 47.9 Å². The van der Waals surface area contributed by atoms with Crippen molar-refractivity contribution in [2.75, 3.05) is 13.7 Å². The normalized spacial score (nSPS) is 17.7. The van der Waals surface area contributed by atoms with Gasteiger partial charge in [-0.25, -0.2) is 9.80 Å². The van der Waals surface area contributed by atoms with Crippen LogP contribution in [0.2, 0.25) is 10.0 Å². The Morgan fingerprint density at radius 2 is 1.56 bits per heavy atom. The molecule has 0 aromatic heterocycles. The number of fused-ring (bicyclic) bond motifs is 1. The quantitative estimate of drug-likeness (QED) is 0.103. The summed E-state index contributed by atoms with van der Waals surface area (Å²) in [6.45, 7) is 1.28. The average molecular weight is 621 g/mol. The molecule has 0 bridgehead atoms. The van der Waals surface area contributed by atoms with Gasteiger partial charge in [-0.05, 0) is 80.4 Å². The number of ether oxygens (including phenoxy) is 2. The summed E-state index contributed by atoms with van der Waals surface area (Å²) < 4.78 is 10.5. The molecule has 2 atom stereocenters.